The Morgan fingerprint density at radius 2 is 1.52 bits per heavy atom. The summed E-state index contributed by atoms with van der Waals surface area (Å²) in [5.41, 5.74) is 7.59. The van der Waals surface area contributed by atoms with Crippen LogP contribution in [0.1, 0.15) is 34.2 Å². The third-order valence-corrected chi connectivity index (χ3v) is 5.73. The minimum Gasteiger partial charge on any atom is -0.507 e. The molecule has 0 bridgehead atoms. The van der Waals surface area contributed by atoms with Crippen molar-refractivity contribution in [3.05, 3.63) is 101 Å². The molecule has 0 heterocycles. The molecular formula is C25H24N2O2. The Hall–Kier alpha value is -3.40. The molecule has 3 aromatic rings. The Balaban J connectivity index is 1.58. The fourth-order valence-corrected chi connectivity index (χ4v) is 3.93. The molecule has 0 radical (unpaired) electrons. The van der Waals surface area contributed by atoms with E-state index in [9.17, 15) is 9.90 Å². The number of carbonyl (C=O) groups is 1. The van der Waals surface area contributed by atoms with E-state index < -0.39 is 0 Å². The summed E-state index contributed by atoms with van der Waals surface area (Å²) in [6, 6.07) is 23.7. The van der Waals surface area contributed by atoms with Crippen LogP contribution >= 0.6 is 0 Å². The zero-order chi connectivity index (χ0) is 20.4. The number of nitrogens with one attached hydrogen (secondary N) is 1. The van der Waals surface area contributed by atoms with E-state index in [-0.39, 0.29) is 23.0 Å². The number of nitrogens with zero attached hydrogens (tertiary/aromatic N) is 1. The van der Waals surface area contributed by atoms with Crippen LogP contribution < -0.4 is 5.43 Å². The first-order valence-corrected chi connectivity index (χ1v) is 9.76. The summed E-state index contributed by atoms with van der Waals surface area (Å²) in [7, 11) is 0. The number of hydrazone groups is 1. The second kappa shape index (κ2) is 7.55. The van der Waals surface area contributed by atoms with Gasteiger partial charge in [0.2, 0.25) is 5.91 Å². The maximum atomic E-state index is 12.9. The van der Waals surface area contributed by atoms with Crippen LogP contribution in [0, 0.1) is 19.8 Å². The Morgan fingerprint density at radius 1 is 0.966 bits per heavy atom. The Kier molecular flexibility index (Phi) is 4.93. The second-order valence-electron chi connectivity index (χ2n) is 7.75. The van der Waals surface area contributed by atoms with Gasteiger partial charge in [0.15, 0.2) is 0 Å². The van der Waals surface area contributed by atoms with Crippen molar-refractivity contribution in [1.29, 1.82) is 0 Å². The van der Waals surface area contributed by atoms with Crippen molar-refractivity contribution in [2.75, 3.05) is 0 Å². The highest BCUT2D eigenvalue weighted by Crippen LogP contribution is 2.59. The normalized spacial score (nSPS) is 17.2. The van der Waals surface area contributed by atoms with Crippen molar-refractivity contribution >= 4 is 12.1 Å². The highest BCUT2D eigenvalue weighted by Gasteiger charge is 2.60. The zero-order valence-corrected chi connectivity index (χ0v) is 16.6. The maximum Gasteiger partial charge on any atom is 0.244 e. The molecule has 4 nitrogen and oxygen atoms in total. The number of para-hydroxylation sites is 1. The van der Waals surface area contributed by atoms with Gasteiger partial charge in [0.1, 0.15) is 5.75 Å². The van der Waals surface area contributed by atoms with E-state index in [1.165, 1.54) is 17.3 Å². The van der Waals surface area contributed by atoms with E-state index in [1.54, 1.807) is 18.2 Å². The lowest BCUT2D eigenvalue weighted by atomic mass is 9.85. The van der Waals surface area contributed by atoms with E-state index in [2.05, 4.69) is 72.9 Å². The molecule has 1 amide bonds. The number of amides is 1. The van der Waals surface area contributed by atoms with Crippen molar-refractivity contribution in [3.63, 3.8) is 0 Å². The third-order valence-electron chi connectivity index (χ3n) is 5.73. The van der Waals surface area contributed by atoms with Crippen molar-refractivity contribution in [2.24, 2.45) is 11.0 Å². The van der Waals surface area contributed by atoms with Crippen molar-refractivity contribution in [2.45, 2.75) is 25.7 Å². The third kappa shape index (κ3) is 3.66. The van der Waals surface area contributed by atoms with Gasteiger partial charge in [-0.25, -0.2) is 5.43 Å². The molecular weight excluding hydrogens is 360 g/mol. The molecule has 1 aliphatic rings. The number of carbonyl (C=O) groups excluding carboxylic acids is 1. The zero-order valence-electron chi connectivity index (χ0n) is 16.6. The maximum absolute atomic E-state index is 12.9. The molecule has 0 saturated heterocycles. The highest BCUT2D eigenvalue weighted by molar-refractivity contribution is 5.88. The van der Waals surface area contributed by atoms with E-state index in [0.29, 0.717) is 5.56 Å². The largest absolute Gasteiger partial charge is 0.507 e. The van der Waals surface area contributed by atoms with Crippen LogP contribution in [0.5, 0.6) is 5.75 Å². The van der Waals surface area contributed by atoms with Gasteiger partial charge in [-0.3, -0.25) is 4.79 Å². The second-order valence-corrected chi connectivity index (χ2v) is 7.75. The van der Waals surface area contributed by atoms with E-state index in [1.807, 2.05) is 6.07 Å². The smallest absolute Gasteiger partial charge is 0.244 e. The van der Waals surface area contributed by atoms with Crippen LogP contribution in [0.15, 0.2) is 77.9 Å². The molecule has 4 heteroatoms. The first-order valence-electron chi connectivity index (χ1n) is 9.76. The van der Waals surface area contributed by atoms with Crippen LogP contribution in [0.3, 0.4) is 0 Å². The number of aryl methyl sites for hydroxylation is 2. The van der Waals surface area contributed by atoms with Crippen LogP contribution in [0.25, 0.3) is 0 Å². The van der Waals surface area contributed by atoms with Gasteiger partial charge in [0.05, 0.1) is 12.1 Å². The van der Waals surface area contributed by atoms with Gasteiger partial charge in [0, 0.05) is 11.0 Å². The molecule has 2 N–H and O–H groups in total. The first kappa shape index (κ1) is 18.9. The Bertz CT molecular complexity index is 1010. The topological polar surface area (TPSA) is 61.7 Å². The molecule has 1 aliphatic carbocycles. The molecule has 0 aromatic heterocycles. The lowest BCUT2D eigenvalue weighted by Crippen LogP contribution is -2.25. The van der Waals surface area contributed by atoms with Crippen LogP contribution in [-0.2, 0) is 10.2 Å². The Morgan fingerprint density at radius 3 is 2.07 bits per heavy atom. The van der Waals surface area contributed by atoms with Crippen molar-refractivity contribution < 1.29 is 9.90 Å². The van der Waals surface area contributed by atoms with Crippen molar-refractivity contribution in [1.82, 2.24) is 5.43 Å². The number of phenols is 1. The van der Waals surface area contributed by atoms with Gasteiger partial charge in [0.25, 0.3) is 0 Å². The summed E-state index contributed by atoms with van der Waals surface area (Å²) in [5, 5.41) is 13.9. The summed E-state index contributed by atoms with van der Waals surface area (Å²) in [6.07, 6.45) is 2.21. The molecule has 146 valence electrons. The fraction of sp³-hybridized carbons (Fsp3) is 0.200. The number of benzene rings is 3. The summed E-state index contributed by atoms with van der Waals surface area (Å²) in [6.45, 7) is 4.13. The summed E-state index contributed by atoms with van der Waals surface area (Å²) >= 11 is 0. The summed E-state index contributed by atoms with van der Waals surface area (Å²) < 4.78 is 0. The average molecular weight is 384 g/mol. The van der Waals surface area contributed by atoms with Gasteiger partial charge in [-0.05, 0) is 43.5 Å². The van der Waals surface area contributed by atoms with Gasteiger partial charge in [-0.1, -0.05) is 71.8 Å². The Labute approximate surface area is 170 Å². The van der Waals surface area contributed by atoms with Crippen LogP contribution in [0.2, 0.25) is 0 Å². The highest BCUT2D eigenvalue weighted by atomic mass is 16.3. The number of hydrogen-bond donors (Lipinski definition) is 2. The number of hydrogen-bond acceptors (Lipinski definition) is 3. The van der Waals surface area contributed by atoms with Gasteiger partial charge in [-0.2, -0.15) is 5.10 Å². The molecule has 3 aromatic carbocycles. The van der Waals surface area contributed by atoms with E-state index >= 15 is 0 Å². The minimum absolute atomic E-state index is 0.113. The molecule has 1 atom stereocenters. The molecule has 0 spiro atoms. The predicted molar refractivity (Wildman–Crippen MR) is 115 cm³/mol. The first-order chi connectivity index (χ1) is 14.0. The standard InChI is InChI=1S/C25H24N2O2/c1-17-7-11-20(12-8-17)25(21-13-9-18(2)10-14-21)15-22(25)24(29)27-26-16-19-5-3-4-6-23(19)28/h3-14,16,22,28H,15H2,1-2H3,(H,27,29)/b26-16-/t22-/m1/s1. The average Bonchev–Trinajstić information content (AvgIpc) is 3.47. The van der Waals surface area contributed by atoms with Crippen LogP contribution in [0.4, 0.5) is 0 Å². The molecule has 4 rings (SSSR count). The number of aromatic hydroxyl groups is 1. The number of rotatable bonds is 5. The molecule has 29 heavy (non-hydrogen) atoms. The van der Waals surface area contributed by atoms with E-state index in [4.69, 9.17) is 0 Å². The van der Waals surface area contributed by atoms with Crippen molar-refractivity contribution in [3.8, 4) is 5.75 Å². The quantitative estimate of drug-likeness (QED) is 0.504. The minimum atomic E-state index is -0.324. The fourth-order valence-electron chi connectivity index (χ4n) is 3.93. The molecule has 0 aliphatic heterocycles. The van der Waals surface area contributed by atoms with Gasteiger partial charge >= 0.3 is 0 Å². The number of phenolic OH excluding ortho intramolecular Hbond substituents is 1. The van der Waals surface area contributed by atoms with Crippen LogP contribution in [-0.4, -0.2) is 17.2 Å². The monoisotopic (exact) mass is 384 g/mol. The lowest BCUT2D eigenvalue weighted by Gasteiger charge is -2.19. The summed E-state index contributed by atoms with van der Waals surface area (Å²) in [4.78, 5) is 12.9. The molecule has 1 fully saturated rings. The van der Waals surface area contributed by atoms with Gasteiger partial charge in [-0.15, -0.1) is 0 Å². The summed E-state index contributed by atoms with van der Waals surface area (Å²) in [5.74, 6) is -0.169. The SMILES string of the molecule is Cc1ccc(C2(c3ccc(C)cc3)C[C@@H]2C(=O)N/N=C\c2ccccc2O)cc1. The predicted octanol–water partition coefficient (Wildman–Crippen LogP) is 4.47. The lowest BCUT2D eigenvalue weighted by molar-refractivity contribution is -0.122. The van der Waals surface area contributed by atoms with Gasteiger partial charge < -0.3 is 5.11 Å². The molecule has 0 unspecified atom stereocenters. The molecule has 1 saturated carbocycles. The van der Waals surface area contributed by atoms with E-state index in [0.717, 1.165) is 17.5 Å².